The predicted octanol–water partition coefficient (Wildman–Crippen LogP) is 4.32. The van der Waals surface area contributed by atoms with Crippen molar-refractivity contribution in [3.63, 3.8) is 0 Å². The molecule has 4 rings (SSSR count). The molecule has 24 heavy (non-hydrogen) atoms. The first-order chi connectivity index (χ1) is 11.6. The molecule has 0 spiro atoms. The van der Waals surface area contributed by atoms with E-state index >= 15 is 0 Å². The van der Waals surface area contributed by atoms with Crippen LogP contribution in [-0.4, -0.2) is 28.5 Å². The van der Waals surface area contributed by atoms with E-state index in [0.717, 1.165) is 45.1 Å². The Labute approximate surface area is 157 Å². The first-order valence-corrected chi connectivity index (χ1v) is 10.3. The Hall–Kier alpha value is -1.15. The third-order valence-corrected chi connectivity index (χ3v) is 6.74. The van der Waals surface area contributed by atoms with Gasteiger partial charge in [0.05, 0.1) is 5.39 Å². The van der Waals surface area contributed by atoms with Gasteiger partial charge in [-0.2, -0.15) is 0 Å². The van der Waals surface area contributed by atoms with Crippen molar-refractivity contribution in [3.8, 4) is 0 Å². The Morgan fingerprint density at radius 1 is 1.29 bits per heavy atom. The van der Waals surface area contributed by atoms with Gasteiger partial charge in [0.25, 0.3) is 0 Å². The van der Waals surface area contributed by atoms with Crippen molar-refractivity contribution in [1.29, 1.82) is 0 Å². The highest BCUT2D eigenvalue weighted by atomic mass is 79.9. The van der Waals surface area contributed by atoms with Crippen LogP contribution in [0.1, 0.15) is 16.0 Å². The van der Waals surface area contributed by atoms with Gasteiger partial charge in [0.15, 0.2) is 5.16 Å². The fourth-order valence-corrected chi connectivity index (χ4v) is 5.36. The maximum atomic E-state index is 6.27. The van der Waals surface area contributed by atoms with Crippen LogP contribution in [-0.2, 0) is 18.7 Å². The number of likely N-dealkylation sites (N-methyl/N-ethyl adjacent to an activating group) is 1. The molecule has 4 nitrogen and oxygen atoms in total. The number of hydrogen-bond donors (Lipinski definition) is 1. The van der Waals surface area contributed by atoms with Crippen LogP contribution in [0.3, 0.4) is 0 Å². The summed E-state index contributed by atoms with van der Waals surface area (Å²) < 4.78 is 1.09. The van der Waals surface area contributed by atoms with Crippen LogP contribution in [0, 0.1) is 0 Å². The molecule has 7 heteroatoms. The van der Waals surface area contributed by atoms with E-state index in [1.165, 1.54) is 16.0 Å². The summed E-state index contributed by atoms with van der Waals surface area (Å²) >= 11 is 6.86. The van der Waals surface area contributed by atoms with Gasteiger partial charge in [-0.25, -0.2) is 9.97 Å². The summed E-state index contributed by atoms with van der Waals surface area (Å²) in [6.45, 7) is 2.05. The monoisotopic (exact) mass is 420 g/mol. The van der Waals surface area contributed by atoms with Gasteiger partial charge in [0.2, 0.25) is 0 Å². The molecule has 0 amide bonds. The number of thioether (sulfide) groups is 1. The number of nitrogen functional groups attached to an aromatic ring is 1. The highest BCUT2D eigenvalue weighted by Gasteiger charge is 2.22. The van der Waals surface area contributed by atoms with Crippen LogP contribution in [0.5, 0.6) is 0 Å². The van der Waals surface area contributed by atoms with Crippen molar-refractivity contribution in [2.24, 2.45) is 0 Å². The summed E-state index contributed by atoms with van der Waals surface area (Å²) in [4.78, 5) is 14.1. The number of anilines is 1. The standard InChI is InChI=1S/C17H17BrN4S2/c1-22-7-6-12-13(8-22)24-16-14(12)15(19)20-17(21-16)23-9-10-2-4-11(18)5-3-10/h2-5H,6-9H2,1H3,(H2,19,20,21). The van der Waals surface area contributed by atoms with E-state index < -0.39 is 0 Å². The molecule has 0 fully saturated rings. The molecule has 2 aromatic heterocycles. The first-order valence-electron chi connectivity index (χ1n) is 7.73. The van der Waals surface area contributed by atoms with Crippen molar-refractivity contribution in [2.75, 3.05) is 19.3 Å². The van der Waals surface area contributed by atoms with Crippen LogP contribution in [0.4, 0.5) is 5.82 Å². The van der Waals surface area contributed by atoms with Gasteiger partial charge in [-0.3, -0.25) is 0 Å². The average Bonchev–Trinajstić information content (AvgIpc) is 2.92. The lowest BCUT2D eigenvalue weighted by molar-refractivity contribution is 0.318. The minimum atomic E-state index is 0.625. The first kappa shape index (κ1) is 16.3. The van der Waals surface area contributed by atoms with E-state index in [1.54, 1.807) is 23.1 Å². The van der Waals surface area contributed by atoms with Gasteiger partial charge in [-0.1, -0.05) is 39.8 Å². The summed E-state index contributed by atoms with van der Waals surface area (Å²) in [6.07, 6.45) is 1.03. The van der Waals surface area contributed by atoms with Gasteiger partial charge < -0.3 is 10.6 Å². The summed E-state index contributed by atoms with van der Waals surface area (Å²) in [5, 5.41) is 1.84. The second-order valence-electron chi connectivity index (χ2n) is 5.98. The normalized spacial score (nSPS) is 14.9. The van der Waals surface area contributed by atoms with Crippen LogP contribution in [0.15, 0.2) is 33.9 Å². The molecular formula is C17H17BrN4S2. The fourth-order valence-electron chi connectivity index (χ4n) is 2.92. The molecule has 0 saturated heterocycles. The molecule has 0 bridgehead atoms. The van der Waals surface area contributed by atoms with Gasteiger partial charge in [-0.05, 0) is 36.7 Å². The number of benzene rings is 1. The SMILES string of the molecule is CN1CCc2c(sc3nc(SCc4ccc(Br)cc4)nc(N)c23)C1. The Kier molecular flexibility index (Phi) is 4.51. The van der Waals surface area contributed by atoms with E-state index in [1.807, 2.05) is 0 Å². The molecule has 1 aromatic carbocycles. The second-order valence-corrected chi connectivity index (χ2v) is 8.92. The Morgan fingerprint density at radius 2 is 2.08 bits per heavy atom. The zero-order valence-electron chi connectivity index (χ0n) is 13.3. The Morgan fingerprint density at radius 3 is 2.88 bits per heavy atom. The molecule has 0 aliphatic carbocycles. The number of fused-ring (bicyclic) bond motifs is 3. The summed E-state index contributed by atoms with van der Waals surface area (Å²) in [6, 6.07) is 8.33. The predicted molar refractivity (Wildman–Crippen MR) is 106 cm³/mol. The zero-order valence-corrected chi connectivity index (χ0v) is 16.5. The van der Waals surface area contributed by atoms with Crippen molar-refractivity contribution >= 4 is 55.1 Å². The molecule has 0 unspecified atom stereocenters. The van der Waals surface area contributed by atoms with Crippen LogP contribution >= 0.6 is 39.0 Å². The lowest BCUT2D eigenvalue weighted by Crippen LogP contribution is -2.25. The number of nitrogens with two attached hydrogens (primary N) is 1. The quantitative estimate of drug-likeness (QED) is 0.504. The molecule has 3 heterocycles. The molecule has 3 aromatic rings. The summed E-state index contributed by atoms with van der Waals surface area (Å²) in [5.41, 5.74) is 8.88. The number of nitrogens with zero attached hydrogens (tertiary/aromatic N) is 3. The second kappa shape index (κ2) is 6.63. The minimum Gasteiger partial charge on any atom is -0.383 e. The molecule has 0 saturated carbocycles. The number of halogens is 1. The topological polar surface area (TPSA) is 55.0 Å². The Balaban J connectivity index is 1.62. The van der Waals surface area contributed by atoms with Crippen molar-refractivity contribution in [3.05, 3.63) is 44.7 Å². The maximum absolute atomic E-state index is 6.27. The number of hydrogen-bond acceptors (Lipinski definition) is 6. The third-order valence-electron chi connectivity index (χ3n) is 4.18. The lowest BCUT2D eigenvalue weighted by Gasteiger charge is -2.22. The van der Waals surface area contributed by atoms with E-state index in [-0.39, 0.29) is 0 Å². The lowest BCUT2D eigenvalue weighted by atomic mass is 10.1. The smallest absolute Gasteiger partial charge is 0.191 e. The zero-order chi connectivity index (χ0) is 16.7. The molecule has 1 aliphatic heterocycles. The molecule has 0 atom stereocenters. The van der Waals surface area contributed by atoms with Gasteiger partial charge in [-0.15, -0.1) is 11.3 Å². The fraction of sp³-hybridized carbons (Fsp3) is 0.294. The van der Waals surface area contributed by atoms with E-state index in [0.29, 0.717) is 5.82 Å². The molecule has 124 valence electrons. The van der Waals surface area contributed by atoms with Crippen molar-refractivity contribution in [1.82, 2.24) is 14.9 Å². The minimum absolute atomic E-state index is 0.625. The highest BCUT2D eigenvalue weighted by molar-refractivity contribution is 9.10. The van der Waals surface area contributed by atoms with Gasteiger partial charge in [0.1, 0.15) is 10.6 Å². The molecule has 0 radical (unpaired) electrons. The number of aromatic nitrogens is 2. The summed E-state index contributed by atoms with van der Waals surface area (Å²) in [5.74, 6) is 1.46. The van der Waals surface area contributed by atoms with Crippen LogP contribution in [0.2, 0.25) is 0 Å². The van der Waals surface area contributed by atoms with E-state index in [2.05, 4.69) is 57.1 Å². The molecule has 1 aliphatic rings. The van der Waals surface area contributed by atoms with E-state index in [4.69, 9.17) is 10.7 Å². The summed E-state index contributed by atoms with van der Waals surface area (Å²) in [7, 11) is 2.15. The number of thiophene rings is 1. The van der Waals surface area contributed by atoms with Gasteiger partial charge >= 0.3 is 0 Å². The number of rotatable bonds is 3. The van der Waals surface area contributed by atoms with Crippen LogP contribution < -0.4 is 5.73 Å². The van der Waals surface area contributed by atoms with Crippen molar-refractivity contribution < 1.29 is 0 Å². The third kappa shape index (κ3) is 3.18. The highest BCUT2D eigenvalue weighted by Crippen LogP contribution is 2.37. The van der Waals surface area contributed by atoms with Gasteiger partial charge in [0, 0.05) is 28.2 Å². The molecular weight excluding hydrogens is 404 g/mol. The average molecular weight is 421 g/mol. The molecule has 2 N–H and O–H groups in total. The van der Waals surface area contributed by atoms with E-state index in [9.17, 15) is 0 Å². The Bertz CT molecular complexity index is 892. The van der Waals surface area contributed by atoms with Crippen molar-refractivity contribution in [2.45, 2.75) is 23.9 Å². The van der Waals surface area contributed by atoms with Crippen LogP contribution in [0.25, 0.3) is 10.2 Å². The maximum Gasteiger partial charge on any atom is 0.191 e. The largest absolute Gasteiger partial charge is 0.383 e.